The van der Waals surface area contributed by atoms with Crippen LogP contribution in [0.5, 0.6) is 0 Å². The van der Waals surface area contributed by atoms with E-state index in [4.69, 9.17) is 4.74 Å². The predicted octanol–water partition coefficient (Wildman–Crippen LogP) is 2.69. The largest absolute Gasteiger partial charge is 0.378 e. The van der Waals surface area contributed by atoms with E-state index in [2.05, 4.69) is 34.0 Å². The van der Waals surface area contributed by atoms with Gasteiger partial charge in [-0.1, -0.05) is 32.0 Å². The van der Waals surface area contributed by atoms with Gasteiger partial charge in [-0.25, -0.2) is 9.97 Å². The van der Waals surface area contributed by atoms with E-state index >= 15 is 0 Å². The summed E-state index contributed by atoms with van der Waals surface area (Å²) in [4.78, 5) is 23.3. The highest BCUT2D eigenvalue weighted by atomic mass is 16.5. The lowest BCUT2D eigenvalue weighted by Crippen LogP contribution is -2.37. The highest BCUT2D eigenvalue weighted by Gasteiger charge is 2.17. The Balaban J connectivity index is 1.82. The molecule has 1 N–H and O–H groups in total. The number of aromatic nitrogens is 2. The van der Waals surface area contributed by atoms with Crippen LogP contribution in [-0.4, -0.2) is 42.2 Å². The van der Waals surface area contributed by atoms with Crippen LogP contribution < -0.4 is 10.2 Å². The number of hydrogen-bond acceptors (Lipinski definition) is 5. The average Bonchev–Trinajstić information content (AvgIpc) is 2.69. The third kappa shape index (κ3) is 3.96. The van der Waals surface area contributed by atoms with Gasteiger partial charge in [0.25, 0.3) is 5.91 Å². The molecule has 1 amide bonds. The van der Waals surface area contributed by atoms with E-state index in [1.54, 1.807) is 6.07 Å². The van der Waals surface area contributed by atoms with Crippen molar-refractivity contribution in [1.82, 2.24) is 9.97 Å². The van der Waals surface area contributed by atoms with Crippen molar-refractivity contribution in [2.45, 2.75) is 26.7 Å². The van der Waals surface area contributed by atoms with Crippen molar-refractivity contribution < 1.29 is 9.53 Å². The van der Waals surface area contributed by atoms with Crippen LogP contribution in [0.15, 0.2) is 30.6 Å². The number of para-hydroxylation sites is 1. The van der Waals surface area contributed by atoms with Crippen LogP contribution in [0.3, 0.4) is 0 Å². The number of carbonyl (C=O) groups excluding carboxylic acids is 1. The van der Waals surface area contributed by atoms with Gasteiger partial charge >= 0.3 is 0 Å². The molecule has 0 saturated carbocycles. The van der Waals surface area contributed by atoms with E-state index in [9.17, 15) is 4.79 Å². The molecule has 1 fully saturated rings. The molecule has 0 spiro atoms. The minimum Gasteiger partial charge on any atom is -0.378 e. The third-order valence-corrected chi connectivity index (χ3v) is 4.46. The Hall–Kier alpha value is -2.47. The maximum Gasteiger partial charge on any atom is 0.274 e. The Morgan fingerprint density at radius 2 is 1.84 bits per heavy atom. The molecule has 132 valence electrons. The number of morpholine rings is 1. The first-order valence-corrected chi connectivity index (χ1v) is 8.79. The molecule has 6 nitrogen and oxygen atoms in total. The molecular weight excluding hydrogens is 316 g/mol. The standard InChI is InChI=1S/C19H24N4O2/c1-3-14-6-5-7-15(4-2)18(14)22-19(24)16-12-17(21-13-20-16)23-8-10-25-11-9-23/h5-7,12-13H,3-4,8-11H2,1-2H3,(H,22,24). The number of anilines is 2. The summed E-state index contributed by atoms with van der Waals surface area (Å²) in [6, 6.07) is 7.89. The van der Waals surface area contributed by atoms with Gasteiger partial charge in [0.2, 0.25) is 0 Å². The van der Waals surface area contributed by atoms with Crippen molar-refractivity contribution in [1.29, 1.82) is 0 Å². The third-order valence-electron chi connectivity index (χ3n) is 4.46. The molecule has 1 aliphatic rings. The Morgan fingerprint density at radius 3 is 2.48 bits per heavy atom. The van der Waals surface area contributed by atoms with Gasteiger partial charge in [0.15, 0.2) is 0 Å². The Bertz CT molecular complexity index is 720. The van der Waals surface area contributed by atoms with Crippen molar-refractivity contribution in [2.75, 3.05) is 36.5 Å². The van der Waals surface area contributed by atoms with Gasteiger partial charge in [0, 0.05) is 24.8 Å². The molecule has 6 heteroatoms. The predicted molar refractivity (Wildman–Crippen MR) is 98.2 cm³/mol. The molecule has 1 aromatic heterocycles. The molecule has 2 heterocycles. The molecule has 3 rings (SSSR count). The number of carbonyl (C=O) groups is 1. The van der Waals surface area contributed by atoms with Gasteiger partial charge in [-0.05, 0) is 24.0 Å². The Kier molecular flexibility index (Phi) is 5.60. The van der Waals surface area contributed by atoms with Crippen molar-refractivity contribution in [2.24, 2.45) is 0 Å². The summed E-state index contributed by atoms with van der Waals surface area (Å²) in [7, 11) is 0. The fourth-order valence-electron chi connectivity index (χ4n) is 3.02. The summed E-state index contributed by atoms with van der Waals surface area (Å²) in [6.45, 7) is 7.08. The summed E-state index contributed by atoms with van der Waals surface area (Å²) in [5.74, 6) is 0.565. The van der Waals surface area contributed by atoms with Crippen LogP contribution in [-0.2, 0) is 17.6 Å². The zero-order valence-corrected chi connectivity index (χ0v) is 14.8. The molecule has 25 heavy (non-hydrogen) atoms. The van der Waals surface area contributed by atoms with Crippen LogP contribution in [0.25, 0.3) is 0 Å². The molecule has 1 aliphatic heterocycles. The van der Waals surface area contributed by atoms with E-state index in [0.29, 0.717) is 18.9 Å². The molecule has 1 saturated heterocycles. The van der Waals surface area contributed by atoms with Gasteiger partial charge in [0.05, 0.1) is 13.2 Å². The monoisotopic (exact) mass is 340 g/mol. The number of nitrogens with zero attached hydrogens (tertiary/aromatic N) is 3. The molecule has 2 aromatic rings. The lowest BCUT2D eigenvalue weighted by molar-refractivity contribution is 0.102. The van der Waals surface area contributed by atoms with E-state index < -0.39 is 0 Å². The van der Waals surface area contributed by atoms with Crippen molar-refractivity contribution >= 4 is 17.4 Å². The molecule has 1 aromatic carbocycles. The SMILES string of the molecule is CCc1cccc(CC)c1NC(=O)c1cc(N2CCOCC2)ncn1. The topological polar surface area (TPSA) is 67.4 Å². The zero-order valence-electron chi connectivity index (χ0n) is 14.8. The van der Waals surface area contributed by atoms with Crippen molar-refractivity contribution in [3.63, 3.8) is 0 Å². The number of ether oxygens (including phenoxy) is 1. The van der Waals surface area contributed by atoms with Gasteiger partial charge in [0.1, 0.15) is 17.8 Å². The van der Waals surface area contributed by atoms with Crippen LogP contribution in [0, 0.1) is 0 Å². The first-order valence-electron chi connectivity index (χ1n) is 8.79. The summed E-state index contributed by atoms with van der Waals surface area (Å²) >= 11 is 0. The lowest BCUT2D eigenvalue weighted by atomic mass is 10.0. The summed E-state index contributed by atoms with van der Waals surface area (Å²) in [5.41, 5.74) is 3.55. The zero-order chi connectivity index (χ0) is 17.6. The molecule has 0 aliphatic carbocycles. The molecule has 0 bridgehead atoms. The highest BCUT2D eigenvalue weighted by molar-refractivity contribution is 6.04. The molecule has 0 unspecified atom stereocenters. The fraction of sp³-hybridized carbons (Fsp3) is 0.421. The number of rotatable bonds is 5. The minimum absolute atomic E-state index is 0.201. The van der Waals surface area contributed by atoms with Crippen LogP contribution in [0.1, 0.15) is 35.5 Å². The molecule has 0 radical (unpaired) electrons. The van der Waals surface area contributed by atoms with E-state index in [1.807, 2.05) is 18.2 Å². The normalized spacial score (nSPS) is 14.4. The number of hydrogen-bond donors (Lipinski definition) is 1. The molecule has 0 atom stereocenters. The number of nitrogens with one attached hydrogen (secondary N) is 1. The summed E-state index contributed by atoms with van der Waals surface area (Å²) in [5, 5.41) is 3.05. The summed E-state index contributed by atoms with van der Waals surface area (Å²) in [6.07, 6.45) is 3.19. The second-order valence-electron chi connectivity index (χ2n) is 5.97. The lowest BCUT2D eigenvalue weighted by Gasteiger charge is -2.27. The van der Waals surface area contributed by atoms with Gasteiger partial charge in [-0.2, -0.15) is 0 Å². The van der Waals surface area contributed by atoms with Crippen LogP contribution in [0.2, 0.25) is 0 Å². The van der Waals surface area contributed by atoms with E-state index in [-0.39, 0.29) is 5.91 Å². The number of aryl methyl sites for hydroxylation is 2. The first kappa shape index (κ1) is 17.4. The highest BCUT2D eigenvalue weighted by Crippen LogP contribution is 2.23. The number of amides is 1. The quantitative estimate of drug-likeness (QED) is 0.906. The van der Waals surface area contributed by atoms with Gasteiger partial charge in [-0.3, -0.25) is 4.79 Å². The van der Waals surface area contributed by atoms with Gasteiger partial charge in [-0.15, -0.1) is 0 Å². The summed E-state index contributed by atoms with van der Waals surface area (Å²) < 4.78 is 5.36. The second-order valence-corrected chi connectivity index (χ2v) is 5.97. The maximum atomic E-state index is 12.7. The second kappa shape index (κ2) is 8.07. The maximum absolute atomic E-state index is 12.7. The average molecular weight is 340 g/mol. The fourth-order valence-corrected chi connectivity index (χ4v) is 3.02. The van der Waals surface area contributed by atoms with E-state index in [1.165, 1.54) is 6.33 Å². The van der Waals surface area contributed by atoms with Crippen LogP contribution in [0.4, 0.5) is 11.5 Å². The van der Waals surface area contributed by atoms with E-state index in [0.717, 1.165) is 48.6 Å². The van der Waals surface area contributed by atoms with Crippen LogP contribution >= 0.6 is 0 Å². The Labute approximate surface area is 148 Å². The number of benzene rings is 1. The first-order chi connectivity index (χ1) is 12.2. The molecular formula is C19H24N4O2. The Morgan fingerprint density at radius 1 is 1.16 bits per heavy atom. The smallest absolute Gasteiger partial charge is 0.274 e. The van der Waals surface area contributed by atoms with Crippen molar-refractivity contribution in [3.05, 3.63) is 47.4 Å². The van der Waals surface area contributed by atoms with Gasteiger partial charge < -0.3 is 15.0 Å². The minimum atomic E-state index is -0.201. The van der Waals surface area contributed by atoms with Crippen molar-refractivity contribution in [3.8, 4) is 0 Å².